The van der Waals surface area contributed by atoms with Gasteiger partial charge in [0, 0.05) is 6.54 Å². The molecule has 0 heterocycles. The highest BCUT2D eigenvalue weighted by molar-refractivity contribution is 5.86. The molecule has 0 saturated carbocycles. The molecule has 0 fully saturated rings. The van der Waals surface area contributed by atoms with Crippen LogP contribution in [0.25, 0.3) is 0 Å². The van der Waals surface area contributed by atoms with Crippen LogP contribution in [0.4, 0.5) is 9.59 Å². The SMILES string of the molecule is CCCCCCCCCOC(=O)N[C@@H](CNC(=O)OCc1ccccc1)C(=O)NCCCCCC. The van der Waals surface area contributed by atoms with Crippen molar-refractivity contribution in [1.29, 1.82) is 0 Å². The molecule has 3 N–H and O–H groups in total. The maximum Gasteiger partial charge on any atom is 0.407 e. The van der Waals surface area contributed by atoms with Crippen LogP contribution in [-0.2, 0) is 20.9 Å². The van der Waals surface area contributed by atoms with Crippen LogP contribution in [0.2, 0.25) is 0 Å². The Hall–Kier alpha value is -2.77. The van der Waals surface area contributed by atoms with E-state index >= 15 is 0 Å². The maximum absolute atomic E-state index is 12.6. The van der Waals surface area contributed by atoms with Crippen LogP contribution in [0, 0.1) is 0 Å². The highest BCUT2D eigenvalue weighted by Crippen LogP contribution is 2.07. The summed E-state index contributed by atoms with van der Waals surface area (Å²) in [4.78, 5) is 37.0. The van der Waals surface area contributed by atoms with Crippen molar-refractivity contribution in [2.24, 2.45) is 0 Å². The third-order valence-electron chi connectivity index (χ3n) is 5.58. The summed E-state index contributed by atoms with van der Waals surface area (Å²) in [5.74, 6) is -0.363. The van der Waals surface area contributed by atoms with Gasteiger partial charge in [-0.2, -0.15) is 0 Å². The Morgan fingerprint density at radius 1 is 0.743 bits per heavy atom. The van der Waals surface area contributed by atoms with Crippen molar-refractivity contribution >= 4 is 18.1 Å². The van der Waals surface area contributed by atoms with Crippen LogP contribution in [0.1, 0.15) is 90.0 Å². The Balaban J connectivity index is 2.41. The van der Waals surface area contributed by atoms with Gasteiger partial charge in [-0.1, -0.05) is 102 Å². The molecule has 0 aliphatic carbocycles. The number of benzene rings is 1. The fraction of sp³-hybridized carbons (Fsp3) is 0.667. The monoisotopic (exact) mass is 491 g/mol. The zero-order chi connectivity index (χ0) is 25.6. The number of amides is 3. The van der Waals surface area contributed by atoms with Crippen molar-refractivity contribution in [3.8, 4) is 0 Å². The molecule has 198 valence electrons. The molecular formula is C27H45N3O5. The molecule has 0 radical (unpaired) electrons. The Morgan fingerprint density at radius 2 is 1.37 bits per heavy atom. The van der Waals surface area contributed by atoms with Crippen molar-refractivity contribution in [1.82, 2.24) is 16.0 Å². The number of carbonyl (C=O) groups is 3. The normalized spacial score (nSPS) is 11.4. The van der Waals surface area contributed by atoms with Crippen molar-refractivity contribution in [2.75, 3.05) is 19.7 Å². The van der Waals surface area contributed by atoms with Gasteiger partial charge in [-0.05, 0) is 18.4 Å². The van der Waals surface area contributed by atoms with E-state index in [9.17, 15) is 14.4 Å². The standard InChI is InChI=1S/C27H45N3O5/c1-3-5-7-9-10-11-16-20-34-27(33)30-24(25(31)28-19-15-8-6-4-2)21-29-26(32)35-22-23-17-13-12-14-18-23/h12-14,17-18,24H,3-11,15-16,19-22H2,1-2H3,(H,28,31)(H,29,32)(H,30,33)/t24-/m0/s1. The summed E-state index contributed by atoms with van der Waals surface area (Å²) in [6.07, 6.45) is 10.6. The van der Waals surface area contributed by atoms with E-state index in [2.05, 4.69) is 29.8 Å². The third kappa shape index (κ3) is 16.5. The van der Waals surface area contributed by atoms with Crippen LogP contribution in [0.15, 0.2) is 30.3 Å². The van der Waals surface area contributed by atoms with E-state index in [0.717, 1.165) is 50.5 Å². The minimum atomic E-state index is -0.952. The van der Waals surface area contributed by atoms with Gasteiger partial charge in [0.2, 0.25) is 5.91 Å². The van der Waals surface area contributed by atoms with Gasteiger partial charge < -0.3 is 25.4 Å². The number of alkyl carbamates (subject to hydrolysis) is 2. The molecule has 0 aliphatic rings. The molecule has 3 amide bonds. The molecule has 0 aliphatic heterocycles. The molecule has 35 heavy (non-hydrogen) atoms. The van der Waals surface area contributed by atoms with Gasteiger partial charge in [0.05, 0.1) is 13.2 Å². The summed E-state index contributed by atoms with van der Waals surface area (Å²) in [7, 11) is 0. The number of carbonyl (C=O) groups excluding carboxylic acids is 3. The van der Waals surface area contributed by atoms with E-state index in [0.29, 0.717) is 13.2 Å². The summed E-state index contributed by atoms with van der Waals surface area (Å²) < 4.78 is 10.4. The summed E-state index contributed by atoms with van der Waals surface area (Å²) in [6.45, 7) is 5.16. The molecule has 0 unspecified atom stereocenters. The number of hydrogen-bond donors (Lipinski definition) is 3. The van der Waals surface area contributed by atoms with Crippen LogP contribution in [0.5, 0.6) is 0 Å². The Bertz CT molecular complexity index is 699. The van der Waals surface area contributed by atoms with E-state index in [1.54, 1.807) is 0 Å². The van der Waals surface area contributed by atoms with Gasteiger partial charge in [-0.3, -0.25) is 4.79 Å². The number of hydrogen-bond acceptors (Lipinski definition) is 5. The lowest BCUT2D eigenvalue weighted by atomic mass is 10.1. The van der Waals surface area contributed by atoms with Gasteiger partial charge in [0.1, 0.15) is 12.6 Å². The zero-order valence-electron chi connectivity index (χ0n) is 21.6. The topological polar surface area (TPSA) is 106 Å². The lowest BCUT2D eigenvalue weighted by Gasteiger charge is -2.19. The van der Waals surface area contributed by atoms with Crippen molar-refractivity contribution in [3.05, 3.63) is 35.9 Å². The van der Waals surface area contributed by atoms with Gasteiger partial charge in [-0.25, -0.2) is 9.59 Å². The predicted octanol–water partition coefficient (Wildman–Crippen LogP) is 5.45. The number of nitrogens with one attached hydrogen (secondary N) is 3. The van der Waals surface area contributed by atoms with E-state index < -0.39 is 18.2 Å². The fourth-order valence-electron chi connectivity index (χ4n) is 3.46. The van der Waals surface area contributed by atoms with Crippen LogP contribution >= 0.6 is 0 Å². The molecule has 1 rings (SSSR count). The summed E-state index contributed by atoms with van der Waals surface area (Å²) in [5, 5.41) is 7.96. The second-order valence-corrected chi connectivity index (χ2v) is 8.75. The number of unbranched alkanes of at least 4 members (excludes halogenated alkanes) is 9. The molecule has 8 heteroatoms. The molecule has 0 spiro atoms. The Kier molecular flexibility index (Phi) is 17.8. The van der Waals surface area contributed by atoms with Crippen LogP contribution in [0.3, 0.4) is 0 Å². The van der Waals surface area contributed by atoms with Gasteiger partial charge >= 0.3 is 12.2 Å². The van der Waals surface area contributed by atoms with Crippen molar-refractivity contribution in [2.45, 2.75) is 97.1 Å². The molecule has 8 nitrogen and oxygen atoms in total. The van der Waals surface area contributed by atoms with Crippen molar-refractivity contribution in [3.63, 3.8) is 0 Å². The Labute approximate surface area is 210 Å². The molecule has 1 aromatic rings. The largest absolute Gasteiger partial charge is 0.450 e. The van der Waals surface area contributed by atoms with Gasteiger partial charge in [0.15, 0.2) is 0 Å². The highest BCUT2D eigenvalue weighted by Gasteiger charge is 2.22. The lowest BCUT2D eigenvalue weighted by molar-refractivity contribution is -0.122. The third-order valence-corrected chi connectivity index (χ3v) is 5.58. The Morgan fingerprint density at radius 3 is 2.06 bits per heavy atom. The maximum atomic E-state index is 12.6. The smallest absolute Gasteiger partial charge is 0.407 e. The molecule has 0 saturated heterocycles. The summed E-state index contributed by atoms with van der Waals surface area (Å²) >= 11 is 0. The minimum absolute atomic E-state index is 0.0963. The lowest BCUT2D eigenvalue weighted by Crippen LogP contribution is -2.53. The molecule has 1 atom stereocenters. The quantitative estimate of drug-likeness (QED) is 0.223. The first-order valence-corrected chi connectivity index (χ1v) is 13.2. The van der Waals surface area contributed by atoms with Gasteiger partial charge in [-0.15, -0.1) is 0 Å². The number of ether oxygens (including phenoxy) is 2. The van der Waals surface area contributed by atoms with E-state index in [1.807, 2.05) is 30.3 Å². The molecule has 0 bridgehead atoms. The molecule has 0 aromatic heterocycles. The fourth-order valence-corrected chi connectivity index (χ4v) is 3.46. The highest BCUT2D eigenvalue weighted by atomic mass is 16.6. The zero-order valence-corrected chi connectivity index (χ0v) is 21.6. The van der Waals surface area contributed by atoms with Crippen molar-refractivity contribution < 1.29 is 23.9 Å². The minimum Gasteiger partial charge on any atom is -0.450 e. The predicted molar refractivity (Wildman–Crippen MR) is 138 cm³/mol. The first-order chi connectivity index (χ1) is 17.1. The number of rotatable bonds is 19. The van der Waals surface area contributed by atoms with Crippen LogP contribution < -0.4 is 16.0 Å². The van der Waals surface area contributed by atoms with E-state index in [-0.39, 0.29) is 19.1 Å². The van der Waals surface area contributed by atoms with Crippen LogP contribution in [-0.4, -0.2) is 43.8 Å². The van der Waals surface area contributed by atoms with Gasteiger partial charge in [0.25, 0.3) is 0 Å². The molecular weight excluding hydrogens is 446 g/mol. The second kappa shape index (κ2) is 20.6. The summed E-state index contributed by atoms with van der Waals surface area (Å²) in [6, 6.07) is 8.36. The summed E-state index contributed by atoms with van der Waals surface area (Å²) in [5.41, 5.74) is 0.857. The first kappa shape index (κ1) is 30.3. The van der Waals surface area contributed by atoms with E-state index in [1.165, 1.54) is 25.7 Å². The average Bonchev–Trinajstić information content (AvgIpc) is 2.87. The van der Waals surface area contributed by atoms with E-state index in [4.69, 9.17) is 9.47 Å². The average molecular weight is 492 g/mol. The second-order valence-electron chi connectivity index (χ2n) is 8.75. The first-order valence-electron chi connectivity index (χ1n) is 13.2. The molecule has 1 aromatic carbocycles.